The summed E-state index contributed by atoms with van der Waals surface area (Å²) in [6.45, 7) is 5.81. The molecule has 2 N–H and O–H groups in total. The Bertz CT molecular complexity index is 543. The van der Waals surface area contributed by atoms with Crippen molar-refractivity contribution in [2.45, 2.75) is 19.9 Å². The first-order valence-electron chi connectivity index (χ1n) is 6.60. The molecule has 2 heterocycles. The highest BCUT2D eigenvalue weighted by atomic mass is 32.1. The second-order valence-corrected chi connectivity index (χ2v) is 5.33. The fourth-order valence-electron chi connectivity index (χ4n) is 2.27. The van der Waals surface area contributed by atoms with E-state index >= 15 is 0 Å². The normalized spacial score (nSPS) is 12.3. The lowest BCUT2D eigenvalue weighted by Gasteiger charge is -2.29. The van der Waals surface area contributed by atoms with Crippen molar-refractivity contribution in [3.8, 4) is 11.1 Å². The maximum absolute atomic E-state index is 6.06. The van der Waals surface area contributed by atoms with Crippen LogP contribution in [0.2, 0.25) is 0 Å². The molecule has 0 aliphatic rings. The van der Waals surface area contributed by atoms with Crippen LogP contribution < -0.4 is 10.6 Å². The molecule has 20 heavy (non-hydrogen) atoms. The Balaban J connectivity index is 2.42. The number of nitrogen functional groups attached to an aromatic ring is 1. The standard InChI is InChI=1S/C14H20N4OS/c1-4-18(10(2)9-19-3)14-12(13(15)17-20-14)11-5-7-16-8-6-11/h5-8,10H,4,9H2,1-3H3,(H2,15,17). The third-order valence-corrected chi connectivity index (χ3v) is 4.11. The maximum atomic E-state index is 6.06. The minimum absolute atomic E-state index is 0.269. The highest BCUT2D eigenvalue weighted by Gasteiger charge is 2.22. The number of nitrogens with two attached hydrogens (primary N) is 1. The lowest BCUT2D eigenvalue weighted by atomic mass is 10.1. The number of pyridine rings is 1. The molecule has 2 rings (SSSR count). The summed E-state index contributed by atoms with van der Waals surface area (Å²) in [4.78, 5) is 6.32. The van der Waals surface area contributed by atoms with E-state index in [1.54, 1.807) is 19.5 Å². The lowest BCUT2D eigenvalue weighted by Crippen LogP contribution is -2.35. The first kappa shape index (κ1) is 14.7. The summed E-state index contributed by atoms with van der Waals surface area (Å²) in [6.07, 6.45) is 3.54. The van der Waals surface area contributed by atoms with Crippen LogP contribution in [0.25, 0.3) is 11.1 Å². The van der Waals surface area contributed by atoms with E-state index in [-0.39, 0.29) is 6.04 Å². The molecule has 0 saturated heterocycles. The van der Waals surface area contributed by atoms with Crippen molar-refractivity contribution < 1.29 is 4.74 Å². The van der Waals surface area contributed by atoms with Crippen LogP contribution in [-0.2, 0) is 4.74 Å². The molecular formula is C14H20N4OS. The van der Waals surface area contributed by atoms with Crippen molar-refractivity contribution in [1.29, 1.82) is 0 Å². The summed E-state index contributed by atoms with van der Waals surface area (Å²) in [7, 11) is 1.72. The van der Waals surface area contributed by atoms with Gasteiger partial charge >= 0.3 is 0 Å². The van der Waals surface area contributed by atoms with Crippen LogP contribution in [0.15, 0.2) is 24.5 Å². The number of rotatable bonds is 6. The zero-order chi connectivity index (χ0) is 14.5. The number of anilines is 2. The van der Waals surface area contributed by atoms with E-state index < -0.39 is 0 Å². The van der Waals surface area contributed by atoms with Gasteiger partial charge in [-0.05, 0) is 43.1 Å². The second kappa shape index (κ2) is 6.67. The van der Waals surface area contributed by atoms with Gasteiger partial charge in [0.2, 0.25) is 0 Å². The number of methoxy groups -OCH3 is 1. The van der Waals surface area contributed by atoms with Gasteiger partial charge in [-0.25, -0.2) is 0 Å². The monoisotopic (exact) mass is 292 g/mol. The number of likely N-dealkylation sites (N-methyl/N-ethyl adjacent to an activating group) is 1. The van der Waals surface area contributed by atoms with Crippen LogP contribution in [0.3, 0.4) is 0 Å². The predicted molar refractivity (Wildman–Crippen MR) is 84.1 cm³/mol. The summed E-state index contributed by atoms with van der Waals surface area (Å²) < 4.78 is 9.58. The van der Waals surface area contributed by atoms with Gasteiger partial charge in [-0.1, -0.05) is 0 Å². The summed E-state index contributed by atoms with van der Waals surface area (Å²) in [5.41, 5.74) is 8.09. The fraction of sp³-hybridized carbons (Fsp3) is 0.429. The molecule has 0 fully saturated rings. The topological polar surface area (TPSA) is 64.3 Å². The molecule has 1 atom stereocenters. The highest BCUT2D eigenvalue weighted by molar-refractivity contribution is 7.11. The quantitative estimate of drug-likeness (QED) is 0.886. The molecule has 0 saturated carbocycles. The Morgan fingerprint density at radius 2 is 2.10 bits per heavy atom. The maximum Gasteiger partial charge on any atom is 0.147 e. The van der Waals surface area contributed by atoms with Gasteiger partial charge in [0.1, 0.15) is 10.8 Å². The number of nitrogens with zero attached hydrogens (tertiary/aromatic N) is 3. The Morgan fingerprint density at radius 3 is 2.70 bits per heavy atom. The van der Waals surface area contributed by atoms with Crippen molar-refractivity contribution in [2.75, 3.05) is 30.9 Å². The first-order valence-corrected chi connectivity index (χ1v) is 7.37. The van der Waals surface area contributed by atoms with E-state index in [1.165, 1.54) is 11.5 Å². The molecule has 0 aliphatic heterocycles. The zero-order valence-electron chi connectivity index (χ0n) is 12.0. The van der Waals surface area contributed by atoms with Gasteiger partial charge in [-0.15, -0.1) is 0 Å². The van der Waals surface area contributed by atoms with Gasteiger partial charge in [-0.3, -0.25) is 4.98 Å². The van der Waals surface area contributed by atoms with Crippen molar-refractivity contribution in [3.05, 3.63) is 24.5 Å². The molecule has 0 radical (unpaired) electrons. The second-order valence-electron chi connectivity index (χ2n) is 4.57. The molecule has 0 bridgehead atoms. The fourth-order valence-corrected chi connectivity index (χ4v) is 3.27. The smallest absolute Gasteiger partial charge is 0.147 e. The van der Waals surface area contributed by atoms with E-state index in [1.807, 2.05) is 12.1 Å². The number of aromatic nitrogens is 2. The SMILES string of the molecule is CCN(c1snc(N)c1-c1ccncc1)C(C)COC. The average molecular weight is 292 g/mol. The number of hydrogen-bond donors (Lipinski definition) is 1. The van der Waals surface area contributed by atoms with Crippen LogP contribution in [0.5, 0.6) is 0 Å². The van der Waals surface area contributed by atoms with Gasteiger partial charge in [0.25, 0.3) is 0 Å². The van der Waals surface area contributed by atoms with Gasteiger partial charge < -0.3 is 15.4 Å². The highest BCUT2D eigenvalue weighted by Crippen LogP contribution is 2.39. The molecule has 0 aliphatic carbocycles. The average Bonchev–Trinajstić information content (AvgIpc) is 2.83. The van der Waals surface area contributed by atoms with Crippen LogP contribution in [0.1, 0.15) is 13.8 Å². The molecule has 0 aromatic carbocycles. The van der Waals surface area contributed by atoms with Crippen molar-refractivity contribution in [2.24, 2.45) is 0 Å². The molecule has 0 amide bonds. The Morgan fingerprint density at radius 1 is 1.40 bits per heavy atom. The van der Waals surface area contributed by atoms with Gasteiger partial charge in [-0.2, -0.15) is 4.37 Å². The van der Waals surface area contributed by atoms with Gasteiger partial charge in [0.15, 0.2) is 0 Å². The number of ether oxygens (including phenoxy) is 1. The molecular weight excluding hydrogens is 272 g/mol. The van der Waals surface area contributed by atoms with Crippen LogP contribution in [0.4, 0.5) is 10.8 Å². The van der Waals surface area contributed by atoms with Crippen LogP contribution in [-0.4, -0.2) is 35.7 Å². The van der Waals surface area contributed by atoms with E-state index in [2.05, 4.69) is 28.1 Å². The third-order valence-electron chi connectivity index (χ3n) is 3.21. The van der Waals surface area contributed by atoms with Crippen LogP contribution in [0, 0.1) is 0 Å². The van der Waals surface area contributed by atoms with E-state index in [9.17, 15) is 0 Å². The van der Waals surface area contributed by atoms with Crippen molar-refractivity contribution in [3.63, 3.8) is 0 Å². The Labute approximate surface area is 123 Å². The largest absolute Gasteiger partial charge is 0.383 e. The summed E-state index contributed by atoms with van der Waals surface area (Å²) >= 11 is 1.43. The summed E-state index contributed by atoms with van der Waals surface area (Å²) in [5.74, 6) is 0.569. The van der Waals surface area contributed by atoms with E-state index in [0.717, 1.165) is 22.7 Å². The molecule has 2 aromatic heterocycles. The van der Waals surface area contributed by atoms with Crippen LogP contribution >= 0.6 is 11.5 Å². The van der Waals surface area contributed by atoms with Gasteiger partial charge in [0.05, 0.1) is 18.2 Å². The third kappa shape index (κ3) is 2.91. The minimum Gasteiger partial charge on any atom is -0.383 e. The molecule has 5 nitrogen and oxygen atoms in total. The van der Waals surface area contributed by atoms with E-state index in [4.69, 9.17) is 10.5 Å². The first-order chi connectivity index (χ1) is 9.69. The predicted octanol–water partition coefficient (Wildman–Crippen LogP) is 2.65. The number of hydrogen-bond acceptors (Lipinski definition) is 6. The Hall–Kier alpha value is -1.66. The molecule has 1 unspecified atom stereocenters. The summed E-state index contributed by atoms with van der Waals surface area (Å²) in [5, 5.41) is 1.08. The minimum atomic E-state index is 0.269. The molecule has 2 aromatic rings. The molecule has 6 heteroatoms. The van der Waals surface area contributed by atoms with Crippen molar-refractivity contribution in [1.82, 2.24) is 9.36 Å². The molecule has 108 valence electrons. The molecule has 0 spiro atoms. The summed E-state index contributed by atoms with van der Waals surface area (Å²) in [6, 6.07) is 4.18. The zero-order valence-corrected chi connectivity index (χ0v) is 12.9. The van der Waals surface area contributed by atoms with E-state index in [0.29, 0.717) is 12.4 Å². The Kier molecular flexibility index (Phi) is 4.92. The van der Waals surface area contributed by atoms with Gasteiger partial charge in [0, 0.05) is 26.0 Å². The lowest BCUT2D eigenvalue weighted by molar-refractivity contribution is 0.182. The van der Waals surface area contributed by atoms with Crippen molar-refractivity contribution >= 4 is 22.4 Å².